The summed E-state index contributed by atoms with van der Waals surface area (Å²) in [6.45, 7) is 10.4. The summed E-state index contributed by atoms with van der Waals surface area (Å²) in [6, 6.07) is 6.17. The summed E-state index contributed by atoms with van der Waals surface area (Å²) in [5.41, 5.74) is 1.26. The zero-order valence-corrected chi connectivity index (χ0v) is 12.8. The molecule has 0 spiro atoms. The highest BCUT2D eigenvalue weighted by Gasteiger charge is 2.17. The van der Waals surface area contributed by atoms with Gasteiger partial charge in [0.2, 0.25) is 0 Å². The highest BCUT2D eigenvalue weighted by Crippen LogP contribution is 2.30. The van der Waals surface area contributed by atoms with Crippen molar-refractivity contribution in [3.05, 3.63) is 23.8 Å². The number of methoxy groups -OCH3 is 1. The molecular weight excluding hydrogens is 238 g/mol. The number of likely N-dealkylation sites (N-methyl/N-ethyl adjacent to an activating group) is 1. The molecule has 3 nitrogen and oxygen atoms in total. The summed E-state index contributed by atoms with van der Waals surface area (Å²) in [4.78, 5) is 0. The summed E-state index contributed by atoms with van der Waals surface area (Å²) in [5.74, 6) is 2.10. The third kappa shape index (κ3) is 4.75. The van der Waals surface area contributed by atoms with Crippen LogP contribution in [0.2, 0.25) is 0 Å². The Morgan fingerprint density at radius 3 is 2.42 bits per heavy atom. The van der Waals surface area contributed by atoms with Gasteiger partial charge in [0.25, 0.3) is 0 Å². The van der Waals surface area contributed by atoms with E-state index in [-0.39, 0.29) is 6.10 Å². The van der Waals surface area contributed by atoms with Crippen molar-refractivity contribution in [2.75, 3.05) is 20.2 Å². The van der Waals surface area contributed by atoms with E-state index in [2.05, 4.69) is 45.1 Å². The van der Waals surface area contributed by atoms with Crippen LogP contribution < -0.4 is 14.8 Å². The Bertz CT molecular complexity index is 377. The maximum atomic E-state index is 6.11. The van der Waals surface area contributed by atoms with Crippen molar-refractivity contribution in [3.63, 3.8) is 0 Å². The van der Waals surface area contributed by atoms with E-state index < -0.39 is 0 Å². The van der Waals surface area contributed by atoms with E-state index in [0.717, 1.165) is 31.0 Å². The molecule has 0 aliphatic heterocycles. The molecular formula is C16H27NO2. The summed E-state index contributed by atoms with van der Waals surface area (Å²) in [7, 11) is 1.69. The molecule has 0 aliphatic rings. The molecule has 0 saturated heterocycles. The third-order valence-corrected chi connectivity index (χ3v) is 3.25. The first-order valence-corrected chi connectivity index (χ1v) is 7.16. The van der Waals surface area contributed by atoms with Crippen LogP contribution >= 0.6 is 0 Å². The van der Waals surface area contributed by atoms with Gasteiger partial charge < -0.3 is 14.8 Å². The molecule has 0 amide bonds. The maximum absolute atomic E-state index is 6.11. The molecule has 108 valence electrons. The highest BCUT2D eigenvalue weighted by atomic mass is 16.5. The lowest BCUT2D eigenvalue weighted by molar-refractivity contribution is 0.144. The smallest absolute Gasteiger partial charge is 0.161 e. The lowest BCUT2D eigenvalue weighted by atomic mass is 10.1. The van der Waals surface area contributed by atoms with Crippen LogP contribution in [0, 0.1) is 5.92 Å². The summed E-state index contributed by atoms with van der Waals surface area (Å²) in [5, 5.41) is 3.34. The Morgan fingerprint density at radius 1 is 1.16 bits per heavy atom. The topological polar surface area (TPSA) is 30.5 Å². The molecule has 0 bridgehead atoms. The van der Waals surface area contributed by atoms with Crippen molar-refractivity contribution >= 4 is 0 Å². The number of aryl methyl sites for hydroxylation is 1. The van der Waals surface area contributed by atoms with Crippen LogP contribution in [0.15, 0.2) is 18.2 Å². The SMILES string of the molecule is CCNCC(Oc1ccc(CC)cc1OC)C(C)C. The van der Waals surface area contributed by atoms with E-state index in [0.29, 0.717) is 5.92 Å². The van der Waals surface area contributed by atoms with Crippen LogP contribution in [-0.2, 0) is 6.42 Å². The van der Waals surface area contributed by atoms with Crippen molar-refractivity contribution in [1.29, 1.82) is 0 Å². The number of nitrogens with one attached hydrogen (secondary N) is 1. The highest BCUT2D eigenvalue weighted by molar-refractivity contribution is 5.43. The summed E-state index contributed by atoms with van der Waals surface area (Å²) in [6.07, 6.45) is 1.16. The third-order valence-electron chi connectivity index (χ3n) is 3.25. The molecule has 0 aromatic heterocycles. The number of rotatable bonds is 8. The fraction of sp³-hybridized carbons (Fsp3) is 0.625. The second kappa shape index (κ2) is 8.05. The van der Waals surface area contributed by atoms with Crippen molar-refractivity contribution in [2.24, 2.45) is 5.92 Å². The first-order valence-electron chi connectivity index (χ1n) is 7.16. The lowest BCUT2D eigenvalue weighted by Gasteiger charge is -2.24. The van der Waals surface area contributed by atoms with Gasteiger partial charge in [0.05, 0.1) is 7.11 Å². The molecule has 1 aromatic carbocycles. The van der Waals surface area contributed by atoms with Gasteiger partial charge in [-0.15, -0.1) is 0 Å². The van der Waals surface area contributed by atoms with E-state index >= 15 is 0 Å². The molecule has 0 fully saturated rings. The van der Waals surface area contributed by atoms with Gasteiger partial charge in [0, 0.05) is 6.54 Å². The molecule has 0 heterocycles. The van der Waals surface area contributed by atoms with E-state index in [1.54, 1.807) is 7.11 Å². The van der Waals surface area contributed by atoms with Gasteiger partial charge in [-0.05, 0) is 36.6 Å². The number of hydrogen-bond acceptors (Lipinski definition) is 3. The van der Waals surface area contributed by atoms with Crippen LogP contribution in [0.25, 0.3) is 0 Å². The second-order valence-electron chi connectivity index (χ2n) is 5.05. The fourth-order valence-corrected chi connectivity index (χ4v) is 1.89. The number of benzene rings is 1. The van der Waals surface area contributed by atoms with Crippen molar-refractivity contribution in [2.45, 2.75) is 40.2 Å². The van der Waals surface area contributed by atoms with Gasteiger partial charge >= 0.3 is 0 Å². The minimum Gasteiger partial charge on any atom is -0.493 e. The van der Waals surface area contributed by atoms with Gasteiger partial charge in [-0.2, -0.15) is 0 Å². The Kier molecular flexibility index (Phi) is 6.71. The fourth-order valence-electron chi connectivity index (χ4n) is 1.89. The van der Waals surface area contributed by atoms with Crippen LogP contribution in [0.1, 0.15) is 33.3 Å². The molecule has 1 aromatic rings. The van der Waals surface area contributed by atoms with Gasteiger partial charge in [0.15, 0.2) is 11.5 Å². The van der Waals surface area contributed by atoms with Crippen molar-refractivity contribution < 1.29 is 9.47 Å². The van der Waals surface area contributed by atoms with Crippen LogP contribution in [-0.4, -0.2) is 26.3 Å². The second-order valence-corrected chi connectivity index (χ2v) is 5.05. The number of ether oxygens (including phenoxy) is 2. The Morgan fingerprint density at radius 2 is 1.89 bits per heavy atom. The maximum Gasteiger partial charge on any atom is 0.161 e. The standard InChI is InChI=1S/C16H27NO2/c1-6-13-8-9-14(15(10-13)18-5)19-16(12(3)4)11-17-7-2/h8-10,12,16-17H,6-7,11H2,1-5H3. The summed E-state index contributed by atoms with van der Waals surface area (Å²) >= 11 is 0. The molecule has 0 saturated carbocycles. The first kappa shape index (κ1) is 15.8. The normalized spacial score (nSPS) is 12.5. The predicted octanol–water partition coefficient (Wildman–Crippen LogP) is 3.27. The zero-order valence-electron chi connectivity index (χ0n) is 12.8. The van der Waals surface area contributed by atoms with Crippen molar-refractivity contribution in [3.8, 4) is 11.5 Å². The molecule has 3 heteroatoms. The largest absolute Gasteiger partial charge is 0.493 e. The average molecular weight is 265 g/mol. The molecule has 0 aliphatic carbocycles. The van der Waals surface area contributed by atoms with Crippen LogP contribution in [0.4, 0.5) is 0 Å². The Labute approximate surface area is 117 Å². The van der Waals surface area contributed by atoms with Crippen LogP contribution in [0.3, 0.4) is 0 Å². The van der Waals surface area contributed by atoms with E-state index in [9.17, 15) is 0 Å². The Balaban J connectivity index is 2.83. The van der Waals surface area contributed by atoms with E-state index in [4.69, 9.17) is 9.47 Å². The van der Waals surface area contributed by atoms with E-state index in [1.807, 2.05) is 6.07 Å². The molecule has 1 unspecified atom stereocenters. The quantitative estimate of drug-likeness (QED) is 0.782. The van der Waals surface area contributed by atoms with E-state index in [1.165, 1.54) is 5.56 Å². The summed E-state index contributed by atoms with van der Waals surface area (Å²) < 4.78 is 11.5. The van der Waals surface area contributed by atoms with Gasteiger partial charge in [-0.3, -0.25) is 0 Å². The lowest BCUT2D eigenvalue weighted by Crippen LogP contribution is -2.35. The molecule has 1 rings (SSSR count). The Hall–Kier alpha value is -1.22. The van der Waals surface area contributed by atoms with Crippen molar-refractivity contribution in [1.82, 2.24) is 5.32 Å². The molecule has 0 radical (unpaired) electrons. The monoisotopic (exact) mass is 265 g/mol. The number of hydrogen-bond donors (Lipinski definition) is 1. The van der Waals surface area contributed by atoms with Gasteiger partial charge in [-0.25, -0.2) is 0 Å². The molecule has 19 heavy (non-hydrogen) atoms. The minimum absolute atomic E-state index is 0.154. The predicted molar refractivity (Wildman–Crippen MR) is 80.2 cm³/mol. The zero-order chi connectivity index (χ0) is 14.3. The minimum atomic E-state index is 0.154. The van der Waals surface area contributed by atoms with Crippen LogP contribution in [0.5, 0.6) is 11.5 Å². The molecule has 1 atom stereocenters. The average Bonchev–Trinajstić information content (AvgIpc) is 2.43. The van der Waals surface area contributed by atoms with Gasteiger partial charge in [0.1, 0.15) is 6.10 Å². The first-order chi connectivity index (χ1) is 9.12. The molecule has 1 N–H and O–H groups in total. The van der Waals surface area contributed by atoms with Gasteiger partial charge in [-0.1, -0.05) is 33.8 Å².